The lowest BCUT2D eigenvalue weighted by atomic mass is 9.38. The molecule has 0 saturated heterocycles. The van der Waals surface area contributed by atoms with E-state index in [0.29, 0.717) is 0 Å². The predicted octanol–water partition coefficient (Wildman–Crippen LogP) is 24.2. The van der Waals surface area contributed by atoms with Crippen molar-refractivity contribution < 1.29 is 0 Å². The summed E-state index contributed by atoms with van der Waals surface area (Å²) in [6.45, 7) is 0.360. The van der Waals surface area contributed by atoms with Crippen LogP contribution in [0.5, 0.6) is 0 Å². The van der Waals surface area contributed by atoms with Gasteiger partial charge in [-0.1, -0.05) is 364 Å². The fourth-order valence-electron chi connectivity index (χ4n) is 23.6. The Morgan fingerprint density at radius 1 is 0.121 bits per heavy atom. The Labute approximate surface area is 719 Å². The highest BCUT2D eigenvalue weighted by molar-refractivity contribution is 6.97. The molecule has 22 aromatic carbocycles. The van der Waals surface area contributed by atoms with Crippen LogP contribution in [0.15, 0.2) is 425 Å². The maximum Gasteiger partial charge on any atom is 0.329 e. The Hall–Kier alpha value is -15.6. The lowest BCUT2D eigenvalue weighted by Crippen LogP contribution is -2.65. The van der Waals surface area contributed by atoms with Gasteiger partial charge in [0, 0.05) is 90.0 Å². The van der Waals surface area contributed by atoms with E-state index in [1.54, 1.807) is 0 Å². The van der Waals surface area contributed by atoms with Crippen LogP contribution in [0.25, 0.3) is 164 Å². The second-order valence-electron chi connectivity index (χ2n) is 34.6. The molecule has 0 saturated carbocycles. The summed E-state index contributed by atoms with van der Waals surface area (Å²) in [5, 5.41) is 20.6. The number of nitrogens with zero attached hydrogens (tertiary/aromatic N) is 4. The molecule has 4 nitrogen and oxygen atoms in total. The van der Waals surface area contributed by atoms with E-state index >= 15 is 0 Å². The van der Waals surface area contributed by atoms with Crippen molar-refractivity contribution >= 4 is 203 Å². The van der Waals surface area contributed by atoms with Crippen LogP contribution in [0.2, 0.25) is 0 Å². The van der Waals surface area contributed by atoms with Crippen molar-refractivity contribution in [3.8, 4) is 77.9 Å². The number of para-hydroxylation sites is 2. The van der Waals surface area contributed by atoms with Crippen LogP contribution in [-0.4, -0.2) is 27.4 Å². The SMILES string of the molecule is c1ccc2c(c1)B1c3cccc4c3-c3c(cccc3N1c1ccccc1-2)B1c2ccccc2-c2ccccc2N14.c1ccc2cc3c(cc2c1)-c1c(ccc2ccccc12)B1c2ccc4ccccc4c2-c2c(ccc4ccccc24)N13.c1ccc2cc3c(cc2c1)B1c2ccc4ccccc4c2-c2c(ccc4ccccc24)N1c1ccc2ccccc2c1-3. The molecule has 30 rings (SSSR count). The largest absolute Gasteiger partial charge is 0.376 e. The van der Waals surface area contributed by atoms with Crippen LogP contribution in [0.1, 0.15) is 0 Å². The molecule has 8 aliphatic rings. The zero-order valence-electron chi connectivity index (χ0n) is 67.5. The minimum Gasteiger partial charge on any atom is -0.376 e. The summed E-state index contributed by atoms with van der Waals surface area (Å²) in [5.41, 5.74) is 40.0. The van der Waals surface area contributed by atoms with Gasteiger partial charge in [-0.3, -0.25) is 0 Å². The Bertz CT molecular complexity index is 7680. The number of hydrogen-bond donors (Lipinski definition) is 0. The minimum atomic E-state index is 0.0616. The highest BCUT2D eigenvalue weighted by Crippen LogP contribution is 2.57. The van der Waals surface area contributed by atoms with Gasteiger partial charge in [-0.2, -0.15) is 0 Å². The zero-order chi connectivity index (χ0) is 80.7. The van der Waals surface area contributed by atoms with E-state index in [4.69, 9.17) is 0 Å². The number of anilines is 8. The van der Waals surface area contributed by atoms with E-state index < -0.39 is 0 Å². The summed E-state index contributed by atoms with van der Waals surface area (Å²) >= 11 is 0. The van der Waals surface area contributed by atoms with Gasteiger partial charge in [-0.25, -0.2) is 0 Å². The molecule has 0 bridgehead atoms. The predicted molar refractivity (Wildman–Crippen MR) is 532 cm³/mol. The third kappa shape index (κ3) is 9.41. The Kier molecular flexibility index (Phi) is 14.3. The van der Waals surface area contributed by atoms with Crippen LogP contribution in [-0.2, 0) is 0 Å². The van der Waals surface area contributed by atoms with Crippen molar-refractivity contribution in [2.75, 3.05) is 19.2 Å². The Balaban J connectivity index is 0.0000000951. The average molecular weight is 1560 g/mol. The third-order valence-electron chi connectivity index (χ3n) is 28.6. The van der Waals surface area contributed by atoms with E-state index in [-0.39, 0.29) is 27.4 Å². The molecule has 0 amide bonds. The molecule has 0 N–H and O–H groups in total. The van der Waals surface area contributed by atoms with Crippen molar-refractivity contribution in [1.82, 2.24) is 0 Å². The minimum absolute atomic E-state index is 0.0616. The fourth-order valence-corrected chi connectivity index (χ4v) is 23.6. The number of rotatable bonds is 0. The second kappa shape index (κ2) is 26.0. The van der Waals surface area contributed by atoms with E-state index in [9.17, 15) is 0 Å². The first-order chi connectivity index (χ1) is 61.6. The van der Waals surface area contributed by atoms with Crippen molar-refractivity contribution in [3.63, 3.8) is 0 Å². The van der Waals surface area contributed by atoms with Gasteiger partial charge in [0.1, 0.15) is 0 Å². The topological polar surface area (TPSA) is 13.0 Å². The van der Waals surface area contributed by atoms with Gasteiger partial charge in [-0.15, -0.1) is 0 Å². The van der Waals surface area contributed by atoms with Gasteiger partial charge in [0.15, 0.2) is 0 Å². The molecule has 0 aliphatic carbocycles. The van der Waals surface area contributed by atoms with Crippen LogP contribution in [0.4, 0.5) is 45.5 Å². The van der Waals surface area contributed by atoms with Gasteiger partial charge in [0.05, 0.1) is 0 Å². The lowest BCUT2D eigenvalue weighted by molar-refractivity contribution is 1.31. The van der Waals surface area contributed by atoms with Crippen LogP contribution in [0.3, 0.4) is 0 Å². The molecular formula is C116H70B4N4. The number of hydrogen-bond acceptors (Lipinski definition) is 4. The quantitative estimate of drug-likeness (QED) is 0.140. The van der Waals surface area contributed by atoms with Crippen LogP contribution >= 0.6 is 0 Å². The summed E-state index contributed by atoms with van der Waals surface area (Å²) in [6, 6.07) is 158. The van der Waals surface area contributed by atoms with Gasteiger partial charge >= 0.3 is 27.4 Å². The average Bonchev–Trinajstić information content (AvgIpc) is 0.688. The summed E-state index contributed by atoms with van der Waals surface area (Å²) < 4.78 is 0. The molecule has 8 aliphatic heterocycles. The molecule has 0 spiro atoms. The first-order valence-electron chi connectivity index (χ1n) is 43.6. The van der Waals surface area contributed by atoms with Crippen molar-refractivity contribution in [1.29, 1.82) is 0 Å². The summed E-state index contributed by atoms with van der Waals surface area (Å²) in [5.74, 6) is 0. The molecule has 22 aromatic rings. The Morgan fingerprint density at radius 3 is 0.839 bits per heavy atom. The normalized spacial score (nSPS) is 13.5. The fraction of sp³-hybridized carbons (Fsp3) is 0. The van der Waals surface area contributed by atoms with Crippen molar-refractivity contribution in [2.45, 2.75) is 0 Å². The number of fused-ring (bicyclic) bond motifs is 52. The highest BCUT2D eigenvalue weighted by atomic mass is 15.1. The lowest BCUT2D eigenvalue weighted by Gasteiger charge is -2.49. The maximum atomic E-state index is 2.64. The molecule has 0 radical (unpaired) electrons. The maximum absolute atomic E-state index is 2.64. The molecule has 0 fully saturated rings. The van der Waals surface area contributed by atoms with Crippen molar-refractivity contribution in [3.05, 3.63) is 425 Å². The summed E-state index contributed by atoms with van der Waals surface area (Å²) in [6.07, 6.45) is 0. The van der Waals surface area contributed by atoms with Gasteiger partial charge < -0.3 is 19.2 Å². The van der Waals surface area contributed by atoms with Gasteiger partial charge in [-0.05, 0) is 224 Å². The molecule has 8 heterocycles. The summed E-state index contributed by atoms with van der Waals surface area (Å²) in [7, 11) is 0. The molecule has 566 valence electrons. The highest BCUT2D eigenvalue weighted by Gasteiger charge is 2.51. The van der Waals surface area contributed by atoms with E-state index in [1.807, 2.05) is 0 Å². The smallest absolute Gasteiger partial charge is 0.329 e. The van der Waals surface area contributed by atoms with Crippen LogP contribution < -0.4 is 62.9 Å². The monoisotopic (exact) mass is 1560 g/mol. The zero-order valence-corrected chi connectivity index (χ0v) is 67.5. The van der Waals surface area contributed by atoms with Crippen LogP contribution in [0, 0.1) is 0 Å². The second-order valence-corrected chi connectivity index (χ2v) is 34.6. The first-order valence-corrected chi connectivity index (χ1v) is 43.6. The molecule has 8 heteroatoms. The standard InChI is InChI=1S/2C40H24BN.C36H22B2N2/c1-2-13-29-24-35-33(23-28(29)12-1)38-30-14-6-3-10-26(30)18-21-36(38)42-37-22-19-27-11-5-8-16-32(27)40(37)39-31-15-7-4-9-25(31)17-20-34(39)41(35)42;1-2-13-29-24-37-33(23-28(29)12-1)38-30-14-6-3-9-25(30)17-20-34(38)41-35-21-18-26-10-4-7-15-31(26)39(35)40-32-16-8-5-11-27(32)19-22-36(40)42(37)41;1-5-15-27-23(11-1)25-13-3-7-19-31(25)39-33-21-10-18-30-36(33)35-29(37(27)39)17-9-22-34(35)40-32-20-8-4-14-26(32)24-12-2-6-16-28(24)38(30)40/h2*1-24H;1-22H. The summed E-state index contributed by atoms with van der Waals surface area (Å²) in [4.78, 5) is 10.5. The van der Waals surface area contributed by atoms with E-state index in [0.717, 1.165) is 0 Å². The van der Waals surface area contributed by atoms with E-state index in [2.05, 4.69) is 444 Å². The Morgan fingerprint density at radius 2 is 0.387 bits per heavy atom. The van der Waals surface area contributed by atoms with Crippen molar-refractivity contribution in [2.24, 2.45) is 0 Å². The molecule has 124 heavy (non-hydrogen) atoms. The molecule has 0 atom stereocenters. The van der Waals surface area contributed by atoms with E-state index in [1.165, 1.54) is 253 Å². The molecular weight excluding hydrogens is 1490 g/mol. The first kappa shape index (κ1) is 68.2. The number of benzene rings is 22. The third-order valence-corrected chi connectivity index (χ3v) is 28.6. The van der Waals surface area contributed by atoms with Gasteiger partial charge in [0.25, 0.3) is 0 Å². The van der Waals surface area contributed by atoms with Gasteiger partial charge in [0.2, 0.25) is 0 Å². The molecule has 0 unspecified atom stereocenters. The molecule has 0 aromatic heterocycles.